The van der Waals surface area contributed by atoms with Gasteiger partial charge < -0.3 is 14.2 Å². The van der Waals surface area contributed by atoms with Gasteiger partial charge in [0.15, 0.2) is 0 Å². The summed E-state index contributed by atoms with van der Waals surface area (Å²) in [6.45, 7) is 4.28. The molecule has 5 heteroatoms. The number of carbonyl (C=O) groups excluding carboxylic acids is 2. The van der Waals surface area contributed by atoms with E-state index in [4.69, 9.17) is 14.2 Å². The van der Waals surface area contributed by atoms with E-state index in [1.807, 2.05) is 13.8 Å². The van der Waals surface area contributed by atoms with E-state index in [-0.39, 0.29) is 11.8 Å². The molecule has 1 heterocycles. The summed E-state index contributed by atoms with van der Waals surface area (Å²) >= 11 is 0. The highest BCUT2D eigenvalue weighted by Gasteiger charge is 2.24. The molecule has 1 aliphatic rings. The maximum absolute atomic E-state index is 11.6. The Hall–Kier alpha value is -1.88. The van der Waals surface area contributed by atoms with E-state index in [0.717, 1.165) is 18.4 Å². The number of ketones is 1. The Morgan fingerprint density at radius 1 is 1.43 bits per heavy atom. The van der Waals surface area contributed by atoms with Crippen LogP contribution in [0.25, 0.3) is 0 Å². The molecule has 1 saturated heterocycles. The topological polar surface area (TPSA) is 61.8 Å². The van der Waals surface area contributed by atoms with Crippen LogP contribution in [-0.2, 0) is 14.3 Å². The molecule has 1 atom stereocenters. The van der Waals surface area contributed by atoms with Gasteiger partial charge in [0.25, 0.3) is 6.29 Å². The fourth-order valence-electron chi connectivity index (χ4n) is 2.06. The average molecular weight is 292 g/mol. The first-order chi connectivity index (χ1) is 10.1. The van der Waals surface area contributed by atoms with Gasteiger partial charge in [-0.15, -0.1) is 0 Å². The molecule has 1 aromatic rings. The summed E-state index contributed by atoms with van der Waals surface area (Å²) in [7, 11) is 0. The number of rotatable bonds is 5. The van der Waals surface area contributed by atoms with Crippen molar-refractivity contribution in [3.8, 4) is 11.5 Å². The maximum Gasteiger partial charge on any atom is 0.311 e. The SMILES string of the molecule is CCCC(=O)Oc1ccc(OC2OCCCC2=O)cc1C. The van der Waals surface area contributed by atoms with Crippen molar-refractivity contribution < 1.29 is 23.8 Å². The summed E-state index contributed by atoms with van der Waals surface area (Å²) in [5.41, 5.74) is 0.778. The van der Waals surface area contributed by atoms with Crippen molar-refractivity contribution in [3.63, 3.8) is 0 Å². The molecule has 0 aromatic heterocycles. The lowest BCUT2D eigenvalue weighted by Crippen LogP contribution is -2.34. The molecular weight excluding hydrogens is 272 g/mol. The number of hydrogen-bond acceptors (Lipinski definition) is 5. The van der Waals surface area contributed by atoms with E-state index in [0.29, 0.717) is 30.9 Å². The summed E-state index contributed by atoms with van der Waals surface area (Å²) in [6, 6.07) is 5.08. The first-order valence-corrected chi connectivity index (χ1v) is 7.22. The molecular formula is C16H20O5. The molecule has 0 radical (unpaired) electrons. The molecule has 5 nitrogen and oxygen atoms in total. The van der Waals surface area contributed by atoms with Crippen molar-refractivity contribution >= 4 is 11.8 Å². The summed E-state index contributed by atoms with van der Waals surface area (Å²) in [4.78, 5) is 23.1. The van der Waals surface area contributed by atoms with Gasteiger partial charge in [-0.2, -0.15) is 0 Å². The van der Waals surface area contributed by atoms with E-state index < -0.39 is 6.29 Å². The van der Waals surface area contributed by atoms with Gasteiger partial charge in [-0.05, 0) is 43.5 Å². The largest absolute Gasteiger partial charge is 0.457 e. The van der Waals surface area contributed by atoms with Crippen LogP contribution in [0.5, 0.6) is 11.5 Å². The van der Waals surface area contributed by atoms with Gasteiger partial charge in [0.05, 0.1) is 6.61 Å². The quantitative estimate of drug-likeness (QED) is 0.617. The number of Topliss-reactive ketones (excluding diaryl/α,β-unsaturated/α-hetero) is 1. The van der Waals surface area contributed by atoms with Crippen LogP contribution in [0.2, 0.25) is 0 Å². The fraction of sp³-hybridized carbons (Fsp3) is 0.500. The van der Waals surface area contributed by atoms with Crippen molar-refractivity contribution in [2.24, 2.45) is 0 Å². The van der Waals surface area contributed by atoms with E-state index in [1.54, 1.807) is 18.2 Å². The number of esters is 1. The lowest BCUT2D eigenvalue weighted by atomic mass is 10.2. The molecule has 0 amide bonds. The van der Waals surface area contributed by atoms with Crippen LogP contribution >= 0.6 is 0 Å². The summed E-state index contributed by atoms with van der Waals surface area (Å²) < 4.78 is 16.1. The smallest absolute Gasteiger partial charge is 0.311 e. The zero-order valence-electron chi connectivity index (χ0n) is 12.4. The molecule has 21 heavy (non-hydrogen) atoms. The highest BCUT2D eigenvalue weighted by Crippen LogP contribution is 2.25. The second-order valence-electron chi connectivity index (χ2n) is 5.04. The predicted molar refractivity (Wildman–Crippen MR) is 76.3 cm³/mol. The van der Waals surface area contributed by atoms with Gasteiger partial charge >= 0.3 is 5.97 Å². The minimum Gasteiger partial charge on any atom is -0.457 e. The minimum absolute atomic E-state index is 0.0441. The van der Waals surface area contributed by atoms with Crippen molar-refractivity contribution in [1.82, 2.24) is 0 Å². The van der Waals surface area contributed by atoms with Crippen molar-refractivity contribution in [3.05, 3.63) is 23.8 Å². The third-order valence-electron chi connectivity index (χ3n) is 3.17. The molecule has 1 aliphatic heterocycles. The third kappa shape index (κ3) is 4.29. The molecule has 1 aromatic carbocycles. The predicted octanol–water partition coefficient (Wildman–Crippen LogP) is 2.78. The van der Waals surface area contributed by atoms with Gasteiger partial charge in [0.2, 0.25) is 5.78 Å². The Balaban J connectivity index is 2.01. The summed E-state index contributed by atoms with van der Waals surface area (Å²) in [5, 5.41) is 0. The molecule has 0 spiro atoms. The monoisotopic (exact) mass is 292 g/mol. The van der Waals surface area contributed by atoms with E-state index in [2.05, 4.69) is 0 Å². The highest BCUT2D eigenvalue weighted by molar-refractivity contribution is 5.82. The van der Waals surface area contributed by atoms with Gasteiger partial charge in [-0.3, -0.25) is 9.59 Å². The molecule has 0 saturated carbocycles. The Morgan fingerprint density at radius 3 is 2.90 bits per heavy atom. The number of benzene rings is 1. The molecule has 114 valence electrons. The zero-order chi connectivity index (χ0) is 15.2. The van der Waals surface area contributed by atoms with Crippen LogP contribution in [0.3, 0.4) is 0 Å². The number of hydrogen-bond donors (Lipinski definition) is 0. The van der Waals surface area contributed by atoms with E-state index >= 15 is 0 Å². The van der Waals surface area contributed by atoms with Crippen LogP contribution in [-0.4, -0.2) is 24.6 Å². The summed E-state index contributed by atoms with van der Waals surface area (Å²) in [6.07, 6.45) is 1.54. The van der Waals surface area contributed by atoms with Gasteiger partial charge in [-0.25, -0.2) is 0 Å². The molecule has 1 unspecified atom stereocenters. The third-order valence-corrected chi connectivity index (χ3v) is 3.17. The second kappa shape index (κ2) is 7.22. The molecule has 0 aliphatic carbocycles. The standard InChI is InChI=1S/C16H20O5/c1-3-5-15(18)21-14-8-7-12(10-11(14)2)20-16-13(17)6-4-9-19-16/h7-8,10,16H,3-6,9H2,1-2H3. The van der Waals surface area contributed by atoms with Crippen molar-refractivity contribution in [2.45, 2.75) is 45.8 Å². The van der Waals surface area contributed by atoms with Crippen LogP contribution in [0.4, 0.5) is 0 Å². The van der Waals surface area contributed by atoms with Crippen LogP contribution in [0.15, 0.2) is 18.2 Å². The normalized spacial score (nSPS) is 18.4. The van der Waals surface area contributed by atoms with E-state index in [9.17, 15) is 9.59 Å². The lowest BCUT2D eigenvalue weighted by molar-refractivity contribution is -0.158. The first-order valence-electron chi connectivity index (χ1n) is 7.22. The van der Waals surface area contributed by atoms with Gasteiger partial charge in [0, 0.05) is 12.8 Å². The maximum atomic E-state index is 11.6. The van der Waals surface area contributed by atoms with Crippen molar-refractivity contribution in [1.29, 1.82) is 0 Å². The highest BCUT2D eigenvalue weighted by atomic mass is 16.7. The minimum atomic E-state index is -0.827. The first kappa shape index (κ1) is 15.5. The lowest BCUT2D eigenvalue weighted by Gasteiger charge is -2.22. The van der Waals surface area contributed by atoms with Crippen LogP contribution in [0, 0.1) is 6.92 Å². The van der Waals surface area contributed by atoms with Gasteiger partial charge in [-0.1, -0.05) is 6.92 Å². The Morgan fingerprint density at radius 2 is 2.24 bits per heavy atom. The summed E-state index contributed by atoms with van der Waals surface area (Å²) in [5.74, 6) is 0.747. The zero-order valence-corrected chi connectivity index (χ0v) is 12.4. The molecule has 1 fully saturated rings. The fourth-order valence-corrected chi connectivity index (χ4v) is 2.06. The average Bonchev–Trinajstić information content (AvgIpc) is 2.45. The molecule has 0 bridgehead atoms. The number of aryl methyl sites for hydroxylation is 1. The Bertz CT molecular complexity index is 523. The second-order valence-corrected chi connectivity index (χ2v) is 5.04. The van der Waals surface area contributed by atoms with Crippen molar-refractivity contribution in [2.75, 3.05) is 6.61 Å². The van der Waals surface area contributed by atoms with Crippen LogP contribution in [0.1, 0.15) is 38.2 Å². The Kier molecular flexibility index (Phi) is 5.33. The Labute approximate surface area is 124 Å². The van der Waals surface area contributed by atoms with Crippen LogP contribution < -0.4 is 9.47 Å². The molecule has 2 rings (SSSR count). The number of ether oxygens (including phenoxy) is 3. The van der Waals surface area contributed by atoms with E-state index in [1.165, 1.54) is 0 Å². The number of carbonyl (C=O) groups is 2. The van der Waals surface area contributed by atoms with Gasteiger partial charge in [0.1, 0.15) is 11.5 Å². The molecule has 0 N–H and O–H groups in total.